The highest BCUT2D eigenvalue weighted by molar-refractivity contribution is 6.02. The molecule has 8 nitrogen and oxygen atoms in total. The first-order valence-corrected chi connectivity index (χ1v) is 10.2. The molecule has 170 valence electrons. The van der Waals surface area contributed by atoms with Gasteiger partial charge in [-0.15, -0.1) is 4.99 Å². The van der Waals surface area contributed by atoms with Crippen molar-refractivity contribution >= 4 is 18.1 Å². The van der Waals surface area contributed by atoms with Crippen molar-refractivity contribution in [1.82, 2.24) is 9.80 Å². The molecule has 1 saturated heterocycles. The summed E-state index contributed by atoms with van der Waals surface area (Å²) >= 11 is 0. The quantitative estimate of drug-likeness (QED) is 0.696. The monoisotopic (exact) mass is 431 g/mol. The molecule has 0 bridgehead atoms. The Kier molecular flexibility index (Phi) is 7.36. The van der Waals surface area contributed by atoms with E-state index in [1.54, 1.807) is 60.6 Å². The van der Waals surface area contributed by atoms with Gasteiger partial charge < -0.3 is 19.1 Å². The van der Waals surface area contributed by atoms with Crippen molar-refractivity contribution in [3.8, 4) is 5.75 Å². The molecule has 0 radical (unpaired) electrons. The Hall–Kier alpha value is -3.03. The van der Waals surface area contributed by atoms with Gasteiger partial charge in [0.2, 0.25) is 5.96 Å². The summed E-state index contributed by atoms with van der Waals surface area (Å²) in [5.41, 5.74) is 0.339. The van der Waals surface area contributed by atoms with Gasteiger partial charge in [0.1, 0.15) is 17.0 Å². The molecule has 0 saturated carbocycles. The molecule has 0 spiro atoms. The first-order chi connectivity index (χ1) is 14.3. The zero-order valence-corrected chi connectivity index (χ0v) is 19.7. The molecule has 0 aromatic heterocycles. The van der Waals surface area contributed by atoms with Gasteiger partial charge in [-0.05, 0) is 65.7 Å². The van der Waals surface area contributed by atoms with Gasteiger partial charge >= 0.3 is 12.2 Å². The topological polar surface area (TPSA) is 80.7 Å². The van der Waals surface area contributed by atoms with Crippen LogP contribution in [0.4, 0.5) is 9.59 Å². The summed E-state index contributed by atoms with van der Waals surface area (Å²) in [5.74, 6) is 0.948. The molecule has 0 aliphatic carbocycles. The number of methoxy groups -OCH3 is 1. The average Bonchev–Trinajstić information content (AvgIpc) is 2.93. The number of aliphatic imine (C=N–C) groups is 1. The number of likely N-dealkylation sites (N-methyl/N-ethyl adjacent to an activating group) is 1. The number of ether oxygens (including phenoxy) is 3. The number of carbonyl (C=O) groups excluding carboxylic acids is 2. The minimum atomic E-state index is -0.765. The predicted octanol–water partition coefficient (Wildman–Crippen LogP) is 4.60. The third-order valence-corrected chi connectivity index (χ3v) is 4.12. The Morgan fingerprint density at radius 2 is 1.61 bits per heavy atom. The summed E-state index contributed by atoms with van der Waals surface area (Å²) in [4.78, 5) is 32.4. The first kappa shape index (κ1) is 24.2. The lowest BCUT2D eigenvalue weighted by Gasteiger charge is -2.25. The SMILES string of the molecule is COc1ccc(C/C=C2\CN(C)/C(=N\C(=O)OC(C)(C)C)N2C(=O)OC(C)(C)C)cc1. The van der Waals surface area contributed by atoms with E-state index < -0.39 is 23.4 Å². The lowest BCUT2D eigenvalue weighted by Crippen LogP contribution is -2.40. The molecule has 0 unspecified atom stereocenters. The Bertz CT molecular complexity index is 861. The van der Waals surface area contributed by atoms with Gasteiger partial charge in [0.05, 0.1) is 13.7 Å². The Labute approximate surface area is 184 Å². The van der Waals surface area contributed by atoms with Gasteiger partial charge in [-0.3, -0.25) is 0 Å². The first-order valence-electron chi connectivity index (χ1n) is 10.2. The van der Waals surface area contributed by atoms with Crippen LogP contribution in [-0.2, 0) is 15.9 Å². The molecule has 1 aliphatic heterocycles. The number of hydrogen-bond donors (Lipinski definition) is 0. The van der Waals surface area contributed by atoms with Crippen LogP contribution in [-0.4, -0.2) is 59.9 Å². The van der Waals surface area contributed by atoms with E-state index in [0.717, 1.165) is 11.3 Å². The third-order valence-electron chi connectivity index (χ3n) is 4.12. The van der Waals surface area contributed by atoms with E-state index in [1.165, 1.54) is 4.90 Å². The summed E-state index contributed by atoms with van der Waals surface area (Å²) in [6, 6.07) is 7.69. The van der Waals surface area contributed by atoms with E-state index in [0.29, 0.717) is 18.7 Å². The zero-order valence-electron chi connectivity index (χ0n) is 19.7. The van der Waals surface area contributed by atoms with Gasteiger partial charge in [-0.25, -0.2) is 14.5 Å². The average molecular weight is 432 g/mol. The fourth-order valence-electron chi connectivity index (χ4n) is 2.84. The van der Waals surface area contributed by atoms with Crippen LogP contribution in [0.15, 0.2) is 41.0 Å². The second-order valence-electron chi connectivity index (χ2n) is 9.31. The van der Waals surface area contributed by atoms with Crippen LogP contribution in [0.25, 0.3) is 0 Å². The molecule has 1 fully saturated rings. The number of rotatable bonds is 3. The van der Waals surface area contributed by atoms with Gasteiger partial charge in [0, 0.05) is 12.7 Å². The minimum absolute atomic E-state index is 0.171. The number of allylic oxidation sites excluding steroid dienone is 1. The van der Waals surface area contributed by atoms with E-state index >= 15 is 0 Å². The molecule has 1 heterocycles. The van der Waals surface area contributed by atoms with Crippen LogP contribution in [0, 0.1) is 0 Å². The molecule has 2 rings (SSSR count). The largest absolute Gasteiger partial charge is 0.497 e. The number of carbonyl (C=O) groups is 2. The predicted molar refractivity (Wildman–Crippen MR) is 119 cm³/mol. The fourth-order valence-corrected chi connectivity index (χ4v) is 2.84. The summed E-state index contributed by atoms with van der Waals surface area (Å²) in [6.45, 7) is 11.0. The Balaban J connectivity index is 2.34. The van der Waals surface area contributed by atoms with Crippen molar-refractivity contribution in [1.29, 1.82) is 0 Å². The van der Waals surface area contributed by atoms with Gasteiger partial charge in [-0.2, -0.15) is 0 Å². The molecule has 2 amide bonds. The van der Waals surface area contributed by atoms with E-state index in [2.05, 4.69) is 4.99 Å². The van der Waals surface area contributed by atoms with Crippen LogP contribution in [0.1, 0.15) is 47.1 Å². The lowest BCUT2D eigenvalue weighted by molar-refractivity contribution is 0.0415. The van der Waals surface area contributed by atoms with Crippen LogP contribution < -0.4 is 4.74 Å². The lowest BCUT2D eigenvalue weighted by atomic mass is 10.1. The van der Waals surface area contributed by atoms with E-state index in [4.69, 9.17) is 14.2 Å². The molecule has 1 aliphatic rings. The third kappa shape index (κ3) is 7.31. The van der Waals surface area contributed by atoms with Crippen molar-refractivity contribution in [2.24, 2.45) is 4.99 Å². The zero-order chi connectivity index (χ0) is 23.4. The maximum absolute atomic E-state index is 13.0. The molecular formula is C23H33N3O5. The van der Waals surface area contributed by atoms with Gasteiger partial charge in [-0.1, -0.05) is 18.2 Å². The van der Waals surface area contributed by atoms with Gasteiger partial charge in [0.25, 0.3) is 0 Å². The molecule has 1 aromatic rings. The summed E-state index contributed by atoms with van der Waals surface area (Å²) in [5, 5.41) is 0. The van der Waals surface area contributed by atoms with E-state index in [9.17, 15) is 9.59 Å². The Morgan fingerprint density at radius 3 is 2.13 bits per heavy atom. The molecule has 1 aromatic carbocycles. The normalized spacial score (nSPS) is 17.3. The van der Waals surface area contributed by atoms with E-state index in [-0.39, 0.29) is 5.96 Å². The summed E-state index contributed by atoms with van der Waals surface area (Å²) < 4.78 is 16.1. The molecule has 0 atom stereocenters. The van der Waals surface area contributed by atoms with E-state index in [1.807, 2.05) is 30.3 Å². The second-order valence-corrected chi connectivity index (χ2v) is 9.31. The number of guanidine groups is 1. The smallest absolute Gasteiger partial charge is 0.437 e. The maximum Gasteiger partial charge on any atom is 0.437 e. The summed E-state index contributed by atoms with van der Waals surface area (Å²) in [7, 11) is 3.38. The molecular weight excluding hydrogens is 398 g/mol. The molecule has 0 N–H and O–H groups in total. The van der Waals surface area contributed by atoms with Crippen molar-refractivity contribution < 1.29 is 23.8 Å². The maximum atomic E-state index is 13.0. The molecule has 31 heavy (non-hydrogen) atoms. The van der Waals surface area contributed by atoms with Gasteiger partial charge in [0.15, 0.2) is 0 Å². The fraction of sp³-hybridized carbons (Fsp3) is 0.522. The van der Waals surface area contributed by atoms with Crippen LogP contribution in [0.5, 0.6) is 5.75 Å². The number of amides is 2. The highest BCUT2D eigenvalue weighted by atomic mass is 16.6. The standard InChI is InChI=1S/C23H33N3O5/c1-22(2,3)30-20(27)24-19-25(7)15-17(26(19)21(28)31-23(4,5)6)12-9-16-10-13-18(29-8)14-11-16/h10-14H,9,15H2,1-8H3/b17-12+,24-19+. The number of benzene rings is 1. The van der Waals surface area contributed by atoms with Crippen molar-refractivity contribution in [3.63, 3.8) is 0 Å². The van der Waals surface area contributed by atoms with Crippen LogP contribution >= 0.6 is 0 Å². The summed E-state index contributed by atoms with van der Waals surface area (Å²) in [6.07, 6.45) is 1.16. The van der Waals surface area contributed by atoms with Crippen molar-refractivity contribution in [3.05, 3.63) is 41.6 Å². The van der Waals surface area contributed by atoms with Crippen LogP contribution in [0.3, 0.4) is 0 Å². The highest BCUT2D eigenvalue weighted by Gasteiger charge is 2.37. The highest BCUT2D eigenvalue weighted by Crippen LogP contribution is 2.24. The molecule has 8 heteroatoms. The second kappa shape index (κ2) is 9.41. The Morgan fingerprint density at radius 1 is 1.03 bits per heavy atom. The minimum Gasteiger partial charge on any atom is -0.497 e. The van der Waals surface area contributed by atoms with Crippen LogP contribution in [0.2, 0.25) is 0 Å². The van der Waals surface area contributed by atoms with Crippen molar-refractivity contribution in [2.75, 3.05) is 20.7 Å². The number of hydrogen-bond acceptors (Lipinski definition) is 5. The van der Waals surface area contributed by atoms with Crippen molar-refractivity contribution in [2.45, 2.75) is 59.2 Å². The number of nitrogens with zero attached hydrogens (tertiary/aromatic N) is 3.